The van der Waals surface area contributed by atoms with Gasteiger partial charge in [-0.15, -0.1) is 0 Å². The average Bonchev–Trinajstić information content (AvgIpc) is 3.32. The second kappa shape index (κ2) is 8.80. The Kier molecular flexibility index (Phi) is 5.54. The predicted molar refractivity (Wildman–Crippen MR) is 140 cm³/mol. The molecule has 0 fully saturated rings. The lowest BCUT2D eigenvalue weighted by Gasteiger charge is -2.30. The molecule has 0 saturated carbocycles. The van der Waals surface area contributed by atoms with Crippen molar-refractivity contribution in [2.24, 2.45) is 0 Å². The summed E-state index contributed by atoms with van der Waals surface area (Å²) < 4.78 is 11.9. The highest BCUT2D eigenvalue weighted by Crippen LogP contribution is 2.56. The summed E-state index contributed by atoms with van der Waals surface area (Å²) in [5.74, 6) is -7.81. The van der Waals surface area contributed by atoms with Crippen LogP contribution in [0.15, 0.2) is 66.7 Å². The third-order valence-corrected chi connectivity index (χ3v) is 7.21. The molecule has 2 aliphatic heterocycles. The van der Waals surface area contributed by atoms with Crippen LogP contribution in [0.5, 0.6) is 46.0 Å². The highest BCUT2D eigenvalue weighted by molar-refractivity contribution is 6.13. The number of Topliss-reactive ketones (excluding diaryl/α,β-unsaturated/α-hetero) is 2. The van der Waals surface area contributed by atoms with Crippen molar-refractivity contribution in [1.82, 2.24) is 0 Å². The first-order valence-corrected chi connectivity index (χ1v) is 12.3. The van der Waals surface area contributed by atoms with Gasteiger partial charge < -0.3 is 45.2 Å². The molecule has 6 rings (SSSR count). The zero-order valence-electron chi connectivity index (χ0n) is 21.0. The smallest absolute Gasteiger partial charge is 0.277 e. The first kappa shape index (κ1) is 25.8. The van der Waals surface area contributed by atoms with Gasteiger partial charge in [-0.3, -0.25) is 9.59 Å². The van der Waals surface area contributed by atoms with E-state index >= 15 is 0 Å². The molecule has 0 aromatic heterocycles. The molecule has 0 saturated heterocycles. The number of aromatic hydroxyl groups is 6. The normalized spacial score (nSPS) is 20.8. The van der Waals surface area contributed by atoms with Crippen LogP contribution in [0.4, 0.5) is 0 Å². The quantitative estimate of drug-likeness (QED) is 0.190. The molecule has 0 aliphatic carbocycles. The van der Waals surface area contributed by atoms with Crippen LogP contribution >= 0.6 is 0 Å². The third-order valence-electron chi connectivity index (χ3n) is 7.21. The fraction of sp³-hybridized carbons (Fsp3) is 0.133. The van der Waals surface area contributed by atoms with Crippen molar-refractivity contribution in [2.45, 2.75) is 24.2 Å². The van der Waals surface area contributed by atoms with E-state index in [1.54, 1.807) is 0 Å². The molecule has 2 heterocycles. The number of fused-ring (bicyclic) bond motifs is 2. The maximum absolute atomic E-state index is 14.1. The first-order valence-electron chi connectivity index (χ1n) is 12.3. The van der Waals surface area contributed by atoms with Gasteiger partial charge in [0, 0.05) is 31.0 Å². The van der Waals surface area contributed by atoms with E-state index in [-0.39, 0.29) is 29.2 Å². The Morgan fingerprint density at radius 1 is 0.585 bits per heavy atom. The molecule has 4 aromatic rings. The molecule has 2 aliphatic rings. The molecule has 0 radical (unpaired) electrons. The van der Waals surface area contributed by atoms with E-state index in [9.17, 15) is 45.3 Å². The van der Waals surface area contributed by atoms with Crippen molar-refractivity contribution in [3.8, 4) is 46.0 Å². The van der Waals surface area contributed by atoms with E-state index in [1.807, 2.05) is 0 Å². The molecule has 0 amide bonds. The molecular weight excluding hydrogens is 536 g/mol. The number of benzene rings is 4. The van der Waals surface area contributed by atoms with Gasteiger partial charge in [0.15, 0.2) is 0 Å². The minimum absolute atomic E-state index is 0.0468. The number of ether oxygens (including phenoxy) is 2. The lowest BCUT2D eigenvalue weighted by molar-refractivity contribution is -0.0903. The molecule has 2 atom stereocenters. The number of phenolic OH excluding ortho intramolecular Hbond substituents is 6. The SMILES string of the molecule is O=C1c2c(O)cc(O)c([C@]3(Cc4ccc(O)cc4)Oc4cc(O)cc(O)c4C3=O)c2O[C@@]1(O)Cc1ccc(O)cc1. The fourth-order valence-corrected chi connectivity index (χ4v) is 5.36. The summed E-state index contributed by atoms with van der Waals surface area (Å²) in [6.07, 6.45) is -0.755. The van der Waals surface area contributed by atoms with E-state index in [4.69, 9.17) is 9.47 Å². The van der Waals surface area contributed by atoms with E-state index in [0.717, 1.165) is 18.2 Å². The van der Waals surface area contributed by atoms with Crippen molar-refractivity contribution in [3.05, 3.63) is 94.5 Å². The van der Waals surface area contributed by atoms with E-state index in [1.165, 1.54) is 48.5 Å². The maximum Gasteiger partial charge on any atom is 0.277 e. The second-order valence-electron chi connectivity index (χ2n) is 9.99. The van der Waals surface area contributed by atoms with Gasteiger partial charge in [0.2, 0.25) is 17.2 Å². The Bertz CT molecular complexity index is 1740. The summed E-state index contributed by atoms with van der Waals surface area (Å²) in [6, 6.07) is 14.1. The van der Waals surface area contributed by atoms with Gasteiger partial charge in [-0.2, -0.15) is 0 Å². The minimum Gasteiger partial charge on any atom is -0.508 e. The topological polar surface area (TPSA) is 194 Å². The number of carbonyl (C=O) groups excluding carboxylic acids is 2. The van der Waals surface area contributed by atoms with Crippen LogP contribution in [-0.4, -0.2) is 53.1 Å². The van der Waals surface area contributed by atoms with Crippen molar-refractivity contribution in [3.63, 3.8) is 0 Å². The monoisotopic (exact) mass is 558 g/mol. The lowest BCUT2D eigenvalue weighted by atomic mass is 9.80. The Morgan fingerprint density at radius 3 is 1.76 bits per heavy atom. The molecule has 11 nitrogen and oxygen atoms in total. The van der Waals surface area contributed by atoms with Gasteiger partial charge in [-0.1, -0.05) is 24.3 Å². The van der Waals surface area contributed by atoms with Gasteiger partial charge in [-0.05, 0) is 35.4 Å². The average molecular weight is 558 g/mol. The Hall–Kier alpha value is -5.42. The van der Waals surface area contributed by atoms with Crippen LogP contribution in [0, 0.1) is 0 Å². The van der Waals surface area contributed by atoms with Crippen LogP contribution in [0.2, 0.25) is 0 Å². The molecule has 4 aromatic carbocycles. The van der Waals surface area contributed by atoms with Crippen LogP contribution in [0.1, 0.15) is 37.4 Å². The van der Waals surface area contributed by atoms with Crippen molar-refractivity contribution < 1.29 is 54.8 Å². The highest BCUT2D eigenvalue weighted by Gasteiger charge is 2.58. The van der Waals surface area contributed by atoms with Crippen LogP contribution in [-0.2, 0) is 18.4 Å². The van der Waals surface area contributed by atoms with E-state index in [2.05, 4.69) is 0 Å². The second-order valence-corrected chi connectivity index (χ2v) is 9.99. The summed E-state index contributed by atoms with van der Waals surface area (Å²) in [4.78, 5) is 27.6. The minimum atomic E-state index is -2.58. The van der Waals surface area contributed by atoms with Gasteiger partial charge in [-0.25, -0.2) is 0 Å². The molecule has 0 spiro atoms. The first-order chi connectivity index (χ1) is 19.4. The van der Waals surface area contributed by atoms with E-state index < -0.39 is 69.2 Å². The van der Waals surface area contributed by atoms with Crippen molar-refractivity contribution in [2.75, 3.05) is 0 Å². The number of hydrogen-bond acceptors (Lipinski definition) is 11. The Labute approximate surface area is 231 Å². The molecular formula is C30H22O11. The third kappa shape index (κ3) is 3.94. The highest BCUT2D eigenvalue weighted by atomic mass is 16.6. The summed E-state index contributed by atoms with van der Waals surface area (Å²) in [5, 5.41) is 73.1. The zero-order valence-corrected chi connectivity index (χ0v) is 21.0. The largest absolute Gasteiger partial charge is 0.508 e. The van der Waals surface area contributed by atoms with Crippen LogP contribution in [0.25, 0.3) is 0 Å². The predicted octanol–water partition coefficient (Wildman–Crippen LogP) is 3.14. The number of phenols is 6. The van der Waals surface area contributed by atoms with Gasteiger partial charge in [0.25, 0.3) is 5.79 Å². The van der Waals surface area contributed by atoms with E-state index in [0.29, 0.717) is 11.1 Å². The lowest BCUT2D eigenvalue weighted by Crippen LogP contribution is -2.43. The van der Waals surface area contributed by atoms with Crippen LogP contribution in [0.3, 0.4) is 0 Å². The summed E-state index contributed by atoms with van der Waals surface area (Å²) in [6.45, 7) is 0. The standard InChI is InChI=1S/C30H22O11/c31-16-5-1-14(2-6-16)12-29(27(37)23-19(34)9-18(33)10-22(23)40-29)25-21(36)11-20(35)24-26(25)41-30(39,28(24)38)13-15-3-7-17(32)8-4-15/h1-11,31-36,39H,12-13H2/t29-,30-/m0/s1. The van der Waals surface area contributed by atoms with Crippen molar-refractivity contribution >= 4 is 11.6 Å². The molecule has 11 heteroatoms. The van der Waals surface area contributed by atoms with Gasteiger partial charge in [0.05, 0.1) is 5.56 Å². The Morgan fingerprint density at radius 2 is 1.15 bits per heavy atom. The fourth-order valence-electron chi connectivity index (χ4n) is 5.36. The molecule has 208 valence electrons. The molecule has 0 bridgehead atoms. The number of rotatable bonds is 5. The number of aliphatic hydroxyl groups is 1. The summed E-state index contributed by atoms with van der Waals surface area (Å²) >= 11 is 0. The summed E-state index contributed by atoms with van der Waals surface area (Å²) in [5.41, 5.74) is -2.66. The van der Waals surface area contributed by atoms with Crippen molar-refractivity contribution in [1.29, 1.82) is 0 Å². The Balaban J connectivity index is 1.55. The summed E-state index contributed by atoms with van der Waals surface area (Å²) in [7, 11) is 0. The van der Waals surface area contributed by atoms with Gasteiger partial charge in [0.1, 0.15) is 57.1 Å². The van der Waals surface area contributed by atoms with Crippen LogP contribution < -0.4 is 9.47 Å². The maximum atomic E-state index is 14.1. The number of carbonyl (C=O) groups is 2. The van der Waals surface area contributed by atoms with Gasteiger partial charge >= 0.3 is 0 Å². The molecule has 0 unspecified atom stereocenters. The number of hydrogen-bond donors (Lipinski definition) is 7. The molecule has 7 N–H and O–H groups in total. The number of ketones is 2. The zero-order chi connectivity index (χ0) is 29.3. The molecule has 41 heavy (non-hydrogen) atoms.